The lowest BCUT2D eigenvalue weighted by molar-refractivity contribution is -0.143. The van der Waals surface area contributed by atoms with Crippen molar-refractivity contribution in [3.63, 3.8) is 0 Å². The van der Waals surface area contributed by atoms with Crippen LogP contribution in [0.3, 0.4) is 0 Å². The van der Waals surface area contributed by atoms with Gasteiger partial charge in [0.25, 0.3) is 0 Å². The molecule has 5 rings (SSSR count). The first-order valence-electron chi connectivity index (χ1n) is 15.6. The van der Waals surface area contributed by atoms with E-state index in [1.165, 1.54) is 18.2 Å². The first kappa shape index (κ1) is 33.2. The minimum atomic E-state index is -1.08. The predicted octanol–water partition coefficient (Wildman–Crippen LogP) is 6.10. The van der Waals surface area contributed by atoms with E-state index in [0.717, 1.165) is 0 Å². The normalized spacial score (nSPS) is 19.1. The molecule has 11 heteroatoms. The van der Waals surface area contributed by atoms with Crippen molar-refractivity contribution in [2.75, 3.05) is 38.4 Å². The van der Waals surface area contributed by atoms with Crippen LogP contribution in [0.1, 0.15) is 61.9 Å². The van der Waals surface area contributed by atoms with Gasteiger partial charge in [-0.15, -0.1) is 0 Å². The number of ether oxygens (including phenoxy) is 4. The summed E-state index contributed by atoms with van der Waals surface area (Å²) >= 11 is 0. The molecule has 3 atom stereocenters. The molecule has 1 fully saturated rings. The zero-order chi connectivity index (χ0) is 33.0. The van der Waals surface area contributed by atoms with Crippen LogP contribution < -0.4 is 19.5 Å². The molecule has 0 bridgehead atoms. The highest BCUT2D eigenvalue weighted by Crippen LogP contribution is 2.48. The fourth-order valence-electron chi connectivity index (χ4n) is 6.34. The maximum atomic E-state index is 15.0. The standard InChI is InChI=1S/C35H40F2N2O7/c1-5-21-13-25(36)14-22(6-2)32(21)38-30(40)18-39-17-27(24-15-28(37)34-29(16-24)45-19-46-34)31(35(41)42)33(39)23-7-9-26(10-8-23)44-12-11-43-20(3)4/h7-10,13-16,20,27,31,33H,5-6,11-12,17-19H2,1-4H3,(H,38,40)(H,41,42)/t27-,31?,33+/m1/s1. The Labute approximate surface area is 267 Å². The van der Waals surface area contributed by atoms with E-state index in [9.17, 15) is 19.1 Å². The van der Waals surface area contributed by atoms with Gasteiger partial charge in [-0.1, -0.05) is 26.0 Å². The van der Waals surface area contributed by atoms with E-state index in [1.807, 2.05) is 27.7 Å². The zero-order valence-electron chi connectivity index (χ0n) is 26.5. The average Bonchev–Trinajstić information content (AvgIpc) is 3.65. The van der Waals surface area contributed by atoms with Gasteiger partial charge in [0.1, 0.15) is 18.2 Å². The molecule has 2 aliphatic heterocycles. The Morgan fingerprint density at radius 2 is 1.70 bits per heavy atom. The van der Waals surface area contributed by atoms with Gasteiger partial charge in [-0.3, -0.25) is 14.5 Å². The van der Waals surface area contributed by atoms with Gasteiger partial charge in [0, 0.05) is 24.2 Å². The third-order valence-corrected chi connectivity index (χ3v) is 8.43. The summed E-state index contributed by atoms with van der Waals surface area (Å²) in [6.45, 7) is 8.32. The molecule has 0 aromatic heterocycles. The van der Waals surface area contributed by atoms with Gasteiger partial charge < -0.3 is 29.4 Å². The predicted molar refractivity (Wildman–Crippen MR) is 168 cm³/mol. The number of nitrogens with zero attached hydrogens (tertiary/aromatic N) is 1. The molecule has 1 amide bonds. The molecule has 3 aromatic rings. The van der Waals surface area contributed by atoms with Gasteiger partial charge in [0.15, 0.2) is 11.6 Å². The van der Waals surface area contributed by atoms with Crippen molar-refractivity contribution in [1.82, 2.24) is 4.90 Å². The van der Waals surface area contributed by atoms with Gasteiger partial charge in [-0.05, 0) is 85.3 Å². The molecule has 0 aliphatic carbocycles. The quantitative estimate of drug-likeness (QED) is 0.216. The van der Waals surface area contributed by atoms with Gasteiger partial charge in [-0.25, -0.2) is 8.78 Å². The third-order valence-electron chi connectivity index (χ3n) is 8.43. The van der Waals surface area contributed by atoms with Crippen molar-refractivity contribution in [1.29, 1.82) is 0 Å². The van der Waals surface area contributed by atoms with Crippen molar-refractivity contribution in [3.05, 3.63) is 82.4 Å². The van der Waals surface area contributed by atoms with E-state index in [-0.39, 0.29) is 49.2 Å². The first-order valence-corrected chi connectivity index (χ1v) is 15.6. The minimum Gasteiger partial charge on any atom is -0.491 e. The van der Waals surface area contributed by atoms with Crippen LogP contribution in [0.4, 0.5) is 14.5 Å². The van der Waals surface area contributed by atoms with Crippen LogP contribution in [0, 0.1) is 17.6 Å². The zero-order valence-corrected chi connectivity index (χ0v) is 26.5. The SMILES string of the molecule is CCc1cc(F)cc(CC)c1NC(=O)CN1C[C@H](c2cc(F)c3c(c2)OCO3)C(C(=O)O)[C@@H]1c1ccc(OCCOC(C)C)cc1. The molecule has 0 radical (unpaired) electrons. The van der Waals surface area contributed by atoms with Crippen LogP contribution in [-0.4, -0.2) is 61.1 Å². The summed E-state index contributed by atoms with van der Waals surface area (Å²) in [6.07, 6.45) is 1.12. The van der Waals surface area contributed by atoms with Crippen LogP contribution in [0.25, 0.3) is 0 Å². The summed E-state index contributed by atoms with van der Waals surface area (Å²) in [4.78, 5) is 28.4. The topological polar surface area (TPSA) is 107 Å². The van der Waals surface area contributed by atoms with E-state index in [2.05, 4.69) is 5.32 Å². The smallest absolute Gasteiger partial charge is 0.309 e. The van der Waals surface area contributed by atoms with Gasteiger partial charge >= 0.3 is 5.97 Å². The molecule has 1 saturated heterocycles. The van der Waals surface area contributed by atoms with Crippen LogP contribution in [0.15, 0.2) is 48.5 Å². The number of benzene rings is 3. The number of carboxylic acid groups (broad SMARTS) is 1. The fraction of sp³-hybridized carbons (Fsp3) is 0.429. The maximum Gasteiger partial charge on any atom is 0.309 e. The highest BCUT2D eigenvalue weighted by atomic mass is 19.1. The Bertz CT molecular complexity index is 1540. The second kappa shape index (κ2) is 14.5. The Hall–Kier alpha value is -4.22. The summed E-state index contributed by atoms with van der Waals surface area (Å²) in [6, 6.07) is 12.1. The highest BCUT2D eigenvalue weighted by molar-refractivity contribution is 5.94. The first-order chi connectivity index (χ1) is 22.1. The summed E-state index contributed by atoms with van der Waals surface area (Å²) in [5.41, 5.74) is 3.02. The number of hydrogen-bond donors (Lipinski definition) is 2. The Morgan fingerprint density at radius 1 is 1.00 bits per heavy atom. The van der Waals surface area contributed by atoms with Gasteiger partial charge in [0.05, 0.1) is 25.2 Å². The summed E-state index contributed by atoms with van der Waals surface area (Å²) in [5.74, 6) is -3.35. The number of aryl methyl sites for hydroxylation is 2. The number of carbonyl (C=O) groups excluding carboxylic acids is 1. The molecule has 1 unspecified atom stereocenters. The van der Waals surface area contributed by atoms with Crippen LogP contribution in [0.5, 0.6) is 17.2 Å². The van der Waals surface area contributed by atoms with Crippen molar-refractivity contribution in [2.45, 2.75) is 58.6 Å². The molecule has 2 N–H and O–H groups in total. The van der Waals surface area contributed by atoms with Crippen molar-refractivity contribution >= 4 is 17.6 Å². The Kier molecular flexibility index (Phi) is 10.4. The number of amides is 1. The van der Waals surface area contributed by atoms with E-state index in [0.29, 0.717) is 59.7 Å². The number of anilines is 1. The molecule has 46 heavy (non-hydrogen) atoms. The number of nitrogens with one attached hydrogen (secondary N) is 1. The lowest BCUT2D eigenvalue weighted by Gasteiger charge is -2.27. The van der Waals surface area contributed by atoms with Crippen molar-refractivity contribution in [2.24, 2.45) is 5.92 Å². The number of fused-ring (bicyclic) bond motifs is 1. The number of hydrogen-bond acceptors (Lipinski definition) is 7. The Morgan fingerprint density at radius 3 is 2.33 bits per heavy atom. The van der Waals surface area contributed by atoms with E-state index < -0.39 is 29.7 Å². The largest absolute Gasteiger partial charge is 0.491 e. The average molecular weight is 639 g/mol. The van der Waals surface area contributed by atoms with Crippen molar-refractivity contribution in [3.8, 4) is 17.2 Å². The Balaban J connectivity index is 1.46. The molecule has 246 valence electrons. The lowest BCUT2D eigenvalue weighted by atomic mass is 9.82. The van der Waals surface area contributed by atoms with E-state index in [4.69, 9.17) is 18.9 Å². The minimum absolute atomic E-state index is 0.00598. The second-order valence-corrected chi connectivity index (χ2v) is 11.8. The fourth-order valence-corrected chi connectivity index (χ4v) is 6.34. The molecule has 2 aliphatic rings. The van der Waals surface area contributed by atoms with Crippen LogP contribution in [-0.2, 0) is 27.2 Å². The molecule has 2 heterocycles. The molecule has 9 nitrogen and oxygen atoms in total. The van der Waals surface area contributed by atoms with Gasteiger partial charge in [-0.2, -0.15) is 0 Å². The lowest BCUT2D eigenvalue weighted by Crippen LogP contribution is -2.35. The number of likely N-dealkylation sites (tertiary alicyclic amines) is 1. The monoisotopic (exact) mass is 638 g/mol. The summed E-state index contributed by atoms with van der Waals surface area (Å²) in [7, 11) is 0. The van der Waals surface area contributed by atoms with E-state index in [1.54, 1.807) is 35.2 Å². The maximum absolute atomic E-state index is 15.0. The van der Waals surface area contributed by atoms with E-state index >= 15 is 4.39 Å². The second-order valence-electron chi connectivity index (χ2n) is 11.8. The number of carbonyl (C=O) groups is 2. The summed E-state index contributed by atoms with van der Waals surface area (Å²) < 4.78 is 51.2. The molecule has 0 saturated carbocycles. The molecule has 0 spiro atoms. The number of rotatable bonds is 13. The molecular formula is C35H40F2N2O7. The highest BCUT2D eigenvalue weighted by Gasteiger charge is 2.48. The number of aliphatic carboxylic acids is 1. The third kappa shape index (κ3) is 7.26. The van der Waals surface area contributed by atoms with Crippen LogP contribution in [0.2, 0.25) is 0 Å². The molecule has 3 aromatic carbocycles. The van der Waals surface area contributed by atoms with Gasteiger partial charge in [0.2, 0.25) is 18.4 Å². The number of halogens is 2. The summed E-state index contributed by atoms with van der Waals surface area (Å²) in [5, 5.41) is 13.6. The van der Waals surface area contributed by atoms with Crippen LogP contribution >= 0.6 is 0 Å². The molecular weight excluding hydrogens is 598 g/mol. The van der Waals surface area contributed by atoms with Crippen molar-refractivity contribution < 1.29 is 42.4 Å². The number of carboxylic acids is 1.